The summed E-state index contributed by atoms with van der Waals surface area (Å²) in [4.78, 5) is 2.64. The molecule has 1 saturated carbocycles. The van der Waals surface area contributed by atoms with Gasteiger partial charge in [0.15, 0.2) is 0 Å². The molecule has 0 radical (unpaired) electrons. The van der Waals surface area contributed by atoms with Gasteiger partial charge < -0.3 is 5.32 Å². The summed E-state index contributed by atoms with van der Waals surface area (Å²) < 4.78 is 0. The molecular weight excluding hydrogens is 228 g/mol. The maximum Gasteiger partial charge on any atom is 0.0328 e. The molecule has 1 saturated heterocycles. The van der Waals surface area contributed by atoms with Gasteiger partial charge in [0.1, 0.15) is 0 Å². The summed E-state index contributed by atoms with van der Waals surface area (Å²) in [6.07, 6.45) is 5.51. The van der Waals surface area contributed by atoms with Crippen LogP contribution in [0, 0.1) is 0 Å². The molecule has 1 N–H and O–H groups in total. The van der Waals surface area contributed by atoms with E-state index in [4.69, 9.17) is 0 Å². The number of rotatable bonds is 4. The molecular formula is C14H22N2S. The summed E-state index contributed by atoms with van der Waals surface area (Å²) in [5.74, 6) is 0. The Labute approximate surface area is 108 Å². The highest BCUT2D eigenvalue weighted by Gasteiger charge is 2.29. The van der Waals surface area contributed by atoms with Gasteiger partial charge in [-0.2, -0.15) is 11.3 Å². The van der Waals surface area contributed by atoms with E-state index in [1.807, 2.05) is 11.3 Å². The molecule has 2 atom stereocenters. The Morgan fingerprint density at radius 2 is 2.24 bits per heavy atom. The number of thiophene rings is 1. The van der Waals surface area contributed by atoms with Crippen molar-refractivity contribution in [3.63, 3.8) is 0 Å². The zero-order valence-corrected chi connectivity index (χ0v) is 11.4. The minimum Gasteiger partial charge on any atom is -0.310 e. The van der Waals surface area contributed by atoms with Crippen LogP contribution < -0.4 is 5.32 Å². The fraction of sp³-hybridized carbons (Fsp3) is 0.714. The molecule has 0 amide bonds. The Hall–Kier alpha value is -0.380. The standard InChI is InChI=1S/C14H22N2S/c1-11(12-6-8-17-10-12)16-7-2-3-14(9-16)15-13-4-5-13/h6,8,10-11,13-15H,2-5,7,9H2,1H3. The second-order valence-corrected chi connectivity index (χ2v) is 6.29. The van der Waals surface area contributed by atoms with E-state index < -0.39 is 0 Å². The molecule has 1 aliphatic carbocycles. The number of hydrogen-bond donors (Lipinski definition) is 1. The van der Waals surface area contributed by atoms with Crippen molar-refractivity contribution in [3.05, 3.63) is 22.4 Å². The third-order valence-corrected chi connectivity index (χ3v) is 4.78. The first kappa shape index (κ1) is 11.7. The molecule has 3 rings (SSSR count). The largest absolute Gasteiger partial charge is 0.310 e. The molecule has 1 aromatic heterocycles. The van der Waals surface area contributed by atoms with Gasteiger partial charge in [-0.05, 0) is 61.5 Å². The zero-order chi connectivity index (χ0) is 11.7. The second kappa shape index (κ2) is 5.09. The first-order valence-electron chi connectivity index (χ1n) is 6.85. The number of hydrogen-bond acceptors (Lipinski definition) is 3. The van der Waals surface area contributed by atoms with E-state index in [9.17, 15) is 0 Å². The fourth-order valence-corrected chi connectivity index (χ4v) is 3.55. The summed E-state index contributed by atoms with van der Waals surface area (Å²) in [6, 6.07) is 4.44. The quantitative estimate of drug-likeness (QED) is 0.883. The molecule has 3 heteroatoms. The fourth-order valence-electron chi connectivity index (χ4n) is 2.80. The zero-order valence-electron chi connectivity index (χ0n) is 10.6. The van der Waals surface area contributed by atoms with Crippen LogP contribution in [0.4, 0.5) is 0 Å². The Balaban J connectivity index is 1.58. The lowest BCUT2D eigenvalue weighted by atomic mass is 10.0. The summed E-state index contributed by atoms with van der Waals surface area (Å²) in [5, 5.41) is 8.27. The third-order valence-electron chi connectivity index (χ3n) is 4.07. The van der Waals surface area contributed by atoms with Gasteiger partial charge >= 0.3 is 0 Å². The van der Waals surface area contributed by atoms with Crippen LogP contribution >= 0.6 is 11.3 Å². The highest BCUT2D eigenvalue weighted by molar-refractivity contribution is 7.07. The number of nitrogens with zero attached hydrogens (tertiary/aromatic N) is 1. The van der Waals surface area contributed by atoms with Crippen molar-refractivity contribution in [1.82, 2.24) is 10.2 Å². The molecule has 1 aromatic rings. The molecule has 94 valence electrons. The summed E-state index contributed by atoms with van der Waals surface area (Å²) in [5.41, 5.74) is 1.49. The second-order valence-electron chi connectivity index (χ2n) is 5.51. The van der Waals surface area contributed by atoms with Crippen molar-refractivity contribution in [3.8, 4) is 0 Å². The smallest absolute Gasteiger partial charge is 0.0328 e. The summed E-state index contributed by atoms with van der Waals surface area (Å²) in [6.45, 7) is 4.84. The Morgan fingerprint density at radius 3 is 2.94 bits per heavy atom. The molecule has 0 spiro atoms. The van der Waals surface area contributed by atoms with E-state index in [0.717, 1.165) is 12.1 Å². The van der Waals surface area contributed by atoms with Crippen molar-refractivity contribution in [2.45, 2.75) is 50.7 Å². The van der Waals surface area contributed by atoms with Crippen molar-refractivity contribution in [2.75, 3.05) is 13.1 Å². The summed E-state index contributed by atoms with van der Waals surface area (Å²) in [7, 11) is 0. The van der Waals surface area contributed by atoms with Gasteiger partial charge in [-0.3, -0.25) is 4.90 Å². The average molecular weight is 250 g/mol. The van der Waals surface area contributed by atoms with E-state index >= 15 is 0 Å². The third kappa shape index (κ3) is 2.90. The van der Waals surface area contributed by atoms with Gasteiger partial charge in [0.25, 0.3) is 0 Å². The molecule has 2 nitrogen and oxygen atoms in total. The maximum absolute atomic E-state index is 3.78. The van der Waals surface area contributed by atoms with Crippen LogP contribution in [0.3, 0.4) is 0 Å². The molecule has 2 fully saturated rings. The van der Waals surface area contributed by atoms with Crippen molar-refractivity contribution >= 4 is 11.3 Å². The van der Waals surface area contributed by atoms with E-state index in [0.29, 0.717) is 6.04 Å². The lowest BCUT2D eigenvalue weighted by molar-refractivity contribution is 0.145. The number of piperidine rings is 1. The van der Waals surface area contributed by atoms with Gasteiger partial charge in [-0.15, -0.1) is 0 Å². The van der Waals surface area contributed by atoms with Crippen LogP contribution in [0.15, 0.2) is 16.8 Å². The average Bonchev–Trinajstić information content (AvgIpc) is 2.99. The Kier molecular flexibility index (Phi) is 3.50. The normalized spacial score (nSPS) is 28.2. The van der Waals surface area contributed by atoms with Crippen LogP contribution in [-0.4, -0.2) is 30.1 Å². The predicted molar refractivity (Wildman–Crippen MR) is 73.5 cm³/mol. The number of likely N-dealkylation sites (tertiary alicyclic amines) is 1. The topological polar surface area (TPSA) is 15.3 Å². The SMILES string of the molecule is CC(c1ccsc1)N1CCCC(NC2CC2)C1. The van der Waals surface area contributed by atoms with Crippen LogP contribution in [0.5, 0.6) is 0 Å². The minimum absolute atomic E-state index is 0.588. The van der Waals surface area contributed by atoms with Crippen LogP contribution in [0.25, 0.3) is 0 Å². The van der Waals surface area contributed by atoms with Crippen LogP contribution in [0.2, 0.25) is 0 Å². The molecule has 0 bridgehead atoms. The molecule has 2 unspecified atom stereocenters. The van der Waals surface area contributed by atoms with Gasteiger partial charge in [-0.25, -0.2) is 0 Å². The highest BCUT2D eigenvalue weighted by Crippen LogP contribution is 2.27. The monoisotopic (exact) mass is 250 g/mol. The van der Waals surface area contributed by atoms with E-state index in [-0.39, 0.29) is 0 Å². The summed E-state index contributed by atoms with van der Waals surface area (Å²) >= 11 is 1.81. The van der Waals surface area contributed by atoms with Crippen molar-refractivity contribution in [1.29, 1.82) is 0 Å². The van der Waals surface area contributed by atoms with E-state index in [1.165, 1.54) is 44.3 Å². The lowest BCUT2D eigenvalue weighted by Crippen LogP contribution is -2.47. The molecule has 2 heterocycles. The Bertz CT molecular complexity index is 345. The van der Waals surface area contributed by atoms with Gasteiger partial charge in [-0.1, -0.05) is 0 Å². The van der Waals surface area contributed by atoms with Crippen molar-refractivity contribution < 1.29 is 0 Å². The minimum atomic E-state index is 0.588. The molecule has 0 aromatic carbocycles. The van der Waals surface area contributed by atoms with E-state index in [2.05, 4.69) is 34.0 Å². The van der Waals surface area contributed by atoms with E-state index in [1.54, 1.807) is 0 Å². The highest BCUT2D eigenvalue weighted by atomic mass is 32.1. The van der Waals surface area contributed by atoms with Gasteiger partial charge in [0, 0.05) is 24.7 Å². The Morgan fingerprint density at radius 1 is 1.35 bits per heavy atom. The maximum atomic E-state index is 3.78. The first-order valence-corrected chi connectivity index (χ1v) is 7.79. The van der Waals surface area contributed by atoms with Gasteiger partial charge in [0.05, 0.1) is 0 Å². The molecule has 17 heavy (non-hydrogen) atoms. The number of nitrogens with one attached hydrogen (secondary N) is 1. The molecule has 1 aliphatic heterocycles. The first-order chi connectivity index (χ1) is 8.33. The van der Waals surface area contributed by atoms with Crippen molar-refractivity contribution in [2.24, 2.45) is 0 Å². The predicted octanol–water partition coefficient (Wildman–Crippen LogP) is 3.03. The lowest BCUT2D eigenvalue weighted by Gasteiger charge is -2.37. The molecule has 2 aliphatic rings. The van der Waals surface area contributed by atoms with Crippen LogP contribution in [-0.2, 0) is 0 Å². The van der Waals surface area contributed by atoms with Crippen LogP contribution in [0.1, 0.15) is 44.2 Å². The van der Waals surface area contributed by atoms with Gasteiger partial charge in [0.2, 0.25) is 0 Å².